The first kappa shape index (κ1) is 15.5. The number of hydrogen-bond acceptors (Lipinski definition) is 1. The Morgan fingerprint density at radius 2 is 1.67 bits per heavy atom. The summed E-state index contributed by atoms with van der Waals surface area (Å²) < 4.78 is 51.0. The fraction of sp³-hybridized carbons (Fsp3) is 0.250. The van der Waals surface area contributed by atoms with Crippen molar-refractivity contribution in [2.75, 3.05) is 6.54 Å². The van der Waals surface area contributed by atoms with Crippen LogP contribution in [-0.4, -0.2) is 6.54 Å². The van der Waals surface area contributed by atoms with Crippen LogP contribution in [0.15, 0.2) is 48.5 Å². The fourth-order valence-corrected chi connectivity index (χ4v) is 2.23. The molecule has 0 aliphatic rings. The van der Waals surface area contributed by atoms with Crippen LogP contribution in [0.4, 0.5) is 17.6 Å². The minimum atomic E-state index is -4.36. The molecule has 21 heavy (non-hydrogen) atoms. The zero-order chi connectivity index (χ0) is 15.5. The molecule has 112 valence electrons. The minimum absolute atomic E-state index is 0.144. The maximum absolute atomic E-state index is 12.9. The highest BCUT2D eigenvalue weighted by Gasteiger charge is 2.30. The van der Waals surface area contributed by atoms with Crippen molar-refractivity contribution in [3.05, 3.63) is 71.0 Å². The summed E-state index contributed by atoms with van der Waals surface area (Å²) >= 11 is 0. The number of benzene rings is 2. The average Bonchev–Trinajstić information content (AvgIpc) is 2.45. The summed E-state index contributed by atoms with van der Waals surface area (Å²) in [7, 11) is 0. The number of halogens is 4. The van der Waals surface area contributed by atoms with Gasteiger partial charge in [0.1, 0.15) is 5.82 Å². The number of nitrogens with two attached hydrogens (primary N) is 1. The van der Waals surface area contributed by atoms with Crippen LogP contribution in [-0.2, 0) is 12.6 Å². The van der Waals surface area contributed by atoms with Crippen molar-refractivity contribution < 1.29 is 17.6 Å². The summed E-state index contributed by atoms with van der Waals surface area (Å²) in [5, 5.41) is 0. The highest BCUT2D eigenvalue weighted by Crippen LogP contribution is 2.30. The van der Waals surface area contributed by atoms with Crippen LogP contribution in [0.5, 0.6) is 0 Å². The summed E-state index contributed by atoms with van der Waals surface area (Å²) in [6.07, 6.45) is -3.98. The van der Waals surface area contributed by atoms with E-state index < -0.39 is 11.7 Å². The zero-order valence-electron chi connectivity index (χ0n) is 11.2. The van der Waals surface area contributed by atoms with E-state index in [0.29, 0.717) is 12.0 Å². The molecule has 0 aliphatic carbocycles. The molecule has 0 saturated heterocycles. The summed E-state index contributed by atoms with van der Waals surface area (Å²) in [6, 6.07) is 11.1. The number of alkyl halides is 3. The Bertz CT molecular complexity index is 590. The Labute approximate surface area is 120 Å². The van der Waals surface area contributed by atoms with Crippen LogP contribution in [0.3, 0.4) is 0 Å². The topological polar surface area (TPSA) is 26.0 Å². The summed E-state index contributed by atoms with van der Waals surface area (Å²) in [5.74, 6) is -0.498. The van der Waals surface area contributed by atoms with E-state index in [4.69, 9.17) is 5.73 Å². The van der Waals surface area contributed by atoms with E-state index in [9.17, 15) is 17.6 Å². The van der Waals surface area contributed by atoms with Gasteiger partial charge in [-0.2, -0.15) is 13.2 Å². The highest BCUT2D eigenvalue weighted by atomic mass is 19.4. The monoisotopic (exact) mass is 297 g/mol. The van der Waals surface area contributed by atoms with Crippen LogP contribution in [0.1, 0.15) is 22.6 Å². The van der Waals surface area contributed by atoms with Gasteiger partial charge in [-0.25, -0.2) is 4.39 Å². The molecule has 2 N–H and O–H groups in total. The molecule has 0 aromatic heterocycles. The lowest BCUT2D eigenvalue weighted by atomic mass is 9.91. The molecule has 5 heteroatoms. The molecule has 2 aromatic rings. The van der Waals surface area contributed by atoms with Gasteiger partial charge in [0.2, 0.25) is 0 Å². The van der Waals surface area contributed by atoms with Gasteiger partial charge in [-0.15, -0.1) is 0 Å². The van der Waals surface area contributed by atoms with Crippen molar-refractivity contribution in [3.8, 4) is 0 Å². The maximum atomic E-state index is 12.9. The summed E-state index contributed by atoms with van der Waals surface area (Å²) in [6.45, 7) is 0.280. The first-order valence-electron chi connectivity index (χ1n) is 6.52. The standard InChI is InChI=1S/C16H15F4N/c17-15-6-4-12(5-7-15)13(10-21)8-11-2-1-3-14(9-11)16(18,19)20/h1-7,9,13H,8,10,21H2. The quantitative estimate of drug-likeness (QED) is 0.844. The second kappa shape index (κ2) is 6.26. The fourth-order valence-electron chi connectivity index (χ4n) is 2.23. The molecule has 0 heterocycles. The third kappa shape index (κ3) is 4.04. The Kier molecular flexibility index (Phi) is 4.63. The predicted octanol–water partition coefficient (Wildman–Crippen LogP) is 4.13. The summed E-state index contributed by atoms with van der Waals surface area (Å²) in [4.78, 5) is 0. The van der Waals surface area contributed by atoms with Gasteiger partial charge in [0.05, 0.1) is 5.56 Å². The van der Waals surface area contributed by atoms with E-state index in [1.807, 2.05) is 0 Å². The molecular weight excluding hydrogens is 282 g/mol. The van der Waals surface area contributed by atoms with Gasteiger partial charge in [0.25, 0.3) is 0 Å². The van der Waals surface area contributed by atoms with Gasteiger partial charge in [-0.05, 0) is 42.3 Å². The molecule has 1 unspecified atom stereocenters. The zero-order valence-corrected chi connectivity index (χ0v) is 11.2. The van der Waals surface area contributed by atoms with Gasteiger partial charge in [-0.3, -0.25) is 0 Å². The molecule has 0 spiro atoms. The van der Waals surface area contributed by atoms with E-state index in [2.05, 4.69) is 0 Å². The number of rotatable bonds is 4. The van der Waals surface area contributed by atoms with Crippen molar-refractivity contribution in [2.24, 2.45) is 5.73 Å². The third-order valence-electron chi connectivity index (χ3n) is 3.36. The minimum Gasteiger partial charge on any atom is -0.330 e. The van der Waals surface area contributed by atoms with Gasteiger partial charge in [0, 0.05) is 5.92 Å². The Morgan fingerprint density at radius 1 is 1.00 bits per heavy atom. The van der Waals surface area contributed by atoms with Gasteiger partial charge >= 0.3 is 6.18 Å². The Morgan fingerprint density at radius 3 is 2.24 bits per heavy atom. The van der Waals surface area contributed by atoms with E-state index in [1.165, 1.54) is 18.2 Å². The first-order valence-corrected chi connectivity index (χ1v) is 6.52. The highest BCUT2D eigenvalue weighted by molar-refractivity contribution is 5.29. The molecule has 2 aromatic carbocycles. The Hall–Kier alpha value is -1.88. The SMILES string of the molecule is NCC(Cc1cccc(C(F)(F)F)c1)c1ccc(F)cc1. The molecule has 0 aliphatic heterocycles. The van der Waals surface area contributed by atoms with Crippen LogP contribution in [0.2, 0.25) is 0 Å². The molecular formula is C16H15F4N. The maximum Gasteiger partial charge on any atom is 0.416 e. The van der Waals surface area contributed by atoms with Crippen LogP contribution in [0.25, 0.3) is 0 Å². The Balaban J connectivity index is 2.21. The van der Waals surface area contributed by atoms with Crippen molar-refractivity contribution in [2.45, 2.75) is 18.5 Å². The smallest absolute Gasteiger partial charge is 0.330 e. The lowest BCUT2D eigenvalue weighted by molar-refractivity contribution is -0.137. The van der Waals surface area contributed by atoms with Gasteiger partial charge < -0.3 is 5.73 Å². The van der Waals surface area contributed by atoms with E-state index >= 15 is 0 Å². The molecule has 0 radical (unpaired) electrons. The molecule has 0 amide bonds. The molecule has 2 rings (SSSR count). The van der Waals surface area contributed by atoms with Crippen molar-refractivity contribution in [3.63, 3.8) is 0 Å². The lowest BCUT2D eigenvalue weighted by Crippen LogP contribution is -2.15. The average molecular weight is 297 g/mol. The molecule has 1 nitrogen and oxygen atoms in total. The van der Waals surface area contributed by atoms with Crippen LogP contribution < -0.4 is 5.73 Å². The molecule has 0 fully saturated rings. The normalized spacial score (nSPS) is 13.2. The van der Waals surface area contributed by atoms with Crippen molar-refractivity contribution >= 4 is 0 Å². The molecule has 0 saturated carbocycles. The largest absolute Gasteiger partial charge is 0.416 e. The predicted molar refractivity (Wildman–Crippen MR) is 73.3 cm³/mol. The van der Waals surface area contributed by atoms with E-state index in [0.717, 1.165) is 17.7 Å². The lowest BCUT2D eigenvalue weighted by Gasteiger charge is -2.16. The van der Waals surface area contributed by atoms with Crippen LogP contribution in [0, 0.1) is 5.82 Å². The second-order valence-corrected chi connectivity index (χ2v) is 4.89. The number of hydrogen-bond donors (Lipinski definition) is 1. The van der Waals surface area contributed by atoms with Gasteiger partial charge in [0.15, 0.2) is 0 Å². The molecule has 1 atom stereocenters. The first-order chi connectivity index (χ1) is 9.90. The van der Waals surface area contributed by atoms with E-state index in [-0.39, 0.29) is 18.3 Å². The third-order valence-corrected chi connectivity index (χ3v) is 3.36. The van der Waals surface area contributed by atoms with E-state index in [1.54, 1.807) is 18.2 Å². The molecule has 0 bridgehead atoms. The van der Waals surface area contributed by atoms with Crippen molar-refractivity contribution in [1.29, 1.82) is 0 Å². The van der Waals surface area contributed by atoms with Crippen molar-refractivity contribution in [1.82, 2.24) is 0 Å². The second-order valence-electron chi connectivity index (χ2n) is 4.89. The van der Waals surface area contributed by atoms with Crippen LogP contribution >= 0.6 is 0 Å². The van der Waals surface area contributed by atoms with Gasteiger partial charge in [-0.1, -0.05) is 30.3 Å². The summed E-state index contributed by atoms with van der Waals surface area (Å²) in [5.41, 5.74) is 6.40.